The van der Waals surface area contributed by atoms with Crippen molar-refractivity contribution in [1.82, 2.24) is 25.1 Å². The number of nitrogens with one attached hydrogen (secondary N) is 1. The molecule has 2 aromatic heterocycles. The predicted molar refractivity (Wildman–Crippen MR) is 152 cm³/mol. The summed E-state index contributed by atoms with van der Waals surface area (Å²) in [5.74, 6) is -1.04. The van der Waals surface area contributed by atoms with Gasteiger partial charge in [-0.05, 0) is 35.9 Å². The first-order valence-corrected chi connectivity index (χ1v) is 13.1. The van der Waals surface area contributed by atoms with Crippen molar-refractivity contribution in [2.24, 2.45) is 5.92 Å². The summed E-state index contributed by atoms with van der Waals surface area (Å²) in [7, 11) is 1.41. The molecular formula is C30H25F2N7O3. The van der Waals surface area contributed by atoms with E-state index in [-0.39, 0.29) is 29.6 Å². The Morgan fingerprint density at radius 2 is 1.88 bits per heavy atom. The SMILES string of the molecule is COc1ccc(F)cc1C(=O)NCc1ccc(-c2nn(-c3ccc(N4CC(C=O)C4)c(F)c3)c3ncnc(N)c23)cc1. The molecule has 6 rings (SSSR count). The largest absolute Gasteiger partial charge is 0.496 e. The Morgan fingerprint density at radius 1 is 1.10 bits per heavy atom. The summed E-state index contributed by atoms with van der Waals surface area (Å²) < 4.78 is 35.5. The van der Waals surface area contributed by atoms with Crippen LogP contribution < -0.4 is 20.7 Å². The van der Waals surface area contributed by atoms with Crippen molar-refractivity contribution < 1.29 is 23.1 Å². The maximum atomic E-state index is 15.1. The minimum absolute atomic E-state index is 0.0824. The van der Waals surface area contributed by atoms with E-state index in [0.29, 0.717) is 46.8 Å². The molecule has 1 aliphatic rings. The molecule has 5 aromatic rings. The Morgan fingerprint density at radius 3 is 2.60 bits per heavy atom. The van der Waals surface area contributed by atoms with Gasteiger partial charge in [-0.25, -0.2) is 23.4 Å². The van der Waals surface area contributed by atoms with Crippen LogP contribution in [0, 0.1) is 17.6 Å². The van der Waals surface area contributed by atoms with Gasteiger partial charge in [-0.2, -0.15) is 5.10 Å². The quantitative estimate of drug-likeness (QED) is 0.269. The lowest BCUT2D eigenvalue weighted by atomic mass is 10.0. The second kappa shape index (κ2) is 10.9. The number of amides is 1. The van der Waals surface area contributed by atoms with Gasteiger partial charge in [0, 0.05) is 37.2 Å². The molecular weight excluding hydrogens is 544 g/mol. The average molecular weight is 570 g/mol. The standard InChI is InChI=1S/C30H25F2N7O3/c1-42-25-9-6-20(31)10-22(25)30(41)34-12-17-2-4-19(5-3-17)27-26-28(33)35-16-36-29(26)39(37-27)21-7-8-24(23(32)11-21)38-13-18(14-38)15-40/h2-11,15-16,18H,12-14H2,1H3,(H,34,41)(H2,33,35,36). The van der Waals surface area contributed by atoms with Gasteiger partial charge in [0.15, 0.2) is 5.65 Å². The number of rotatable bonds is 8. The highest BCUT2D eigenvalue weighted by molar-refractivity contribution is 5.99. The minimum atomic E-state index is -0.539. The van der Waals surface area contributed by atoms with Crippen LogP contribution in [0.1, 0.15) is 15.9 Å². The average Bonchev–Trinajstić information content (AvgIpc) is 3.37. The summed E-state index contributed by atoms with van der Waals surface area (Å²) in [6.07, 6.45) is 2.21. The molecule has 3 heterocycles. The summed E-state index contributed by atoms with van der Waals surface area (Å²) >= 11 is 0. The van der Waals surface area contributed by atoms with E-state index < -0.39 is 17.5 Å². The van der Waals surface area contributed by atoms with Gasteiger partial charge in [0.1, 0.15) is 41.5 Å². The Hall–Kier alpha value is -5.39. The van der Waals surface area contributed by atoms with Gasteiger partial charge in [0.25, 0.3) is 5.91 Å². The fourth-order valence-electron chi connectivity index (χ4n) is 4.95. The molecule has 0 radical (unpaired) electrons. The van der Waals surface area contributed by atoms with Gasteiger partial charge in [-0.15, -0.1) is 0 Å². The monoisotopic (exact) mass is 569 g/mol. The van der Waals surface area contributed by atoms with Gasteiger partial charge in [0.05, 0.1) is 29.4 Å². The second-order valence-electron chi connectivity index (χ2n) is 9.88. The number of anilines is 2. The Labute approximate surface area is 238 Å². The number of ether oxygens (including phenoxy) is 1. The third-order valence-electron chi connectivity index (χ3n) is 7.20. The fourth-order valence-corrected chi connectivity index (χ4v) is 4.95. The number of carbonyl (C=O) groups excluding carboxylic acids is 2. The van der Waals surface area contributed by atoms with Crippen LogP contribution in [-0.4, -0.2) is 52.1 Å². The summed E-state index contributed by atoms with van der Waals surface area (Å²) in [5.41, 5.74) is 9.61. The minimum Gasteiger partial charge on any atom is -0.496 e. The number of nitrogens with two attached hydrogens (primary N) is 1. The maximum absolute atomic E-state index is 15.1. The lowest BCUT2D eigenvalue weighted by molar-refractivity contribution is -0.111. The number of methoxy groups -OCH3 is 1. The number of benzene rings is 3. The van der Waals surface area contributed by atoms with Gasteiger partial charge < -0.3 is 25.5 Å². The van der Waals surface area contributed by atoms with Crippen LogP contribution in [0.15, 0.2) is 67.0 Å². The first kappa shape index (κ1) is 26.8. The van der Waals surface area contributed by atoms with Crippen LogP contribution >= 0.6 is 0 Å². The number of hydrogen-bond acceptors (Lipinski definition) is 8. The van der Waals surface area contributed by atoms with Gasteiger partial charge in [-0.3, -0.25) is 4.79 Å². The molecule has 1 aliphatic heterocycles. The van der Waals surface area contributed by atoms with Crippen molar-refractivity contribution >= 4 is 34.7 Å². The highest BCUT2D eigenvalue weighted by Gasteiger charge is 2.28. The van der Waals surface area contributed by atoms with Crippen molar-refractivity contribution in [3.05, 3.63) is 89.8 Å². The van der Waals surface area contributed by atoms with Crippen molar-refractivity contribution in [1.29, 1.82) is 0 Å². The summed E-state index contributed by atoms with van der Waals surface area (Å²) in [5, 5.41) is 8.01. The number of hydrogen-bond donors (Lipinski definition) is 2. The number of aldehydes is 1. The number of halogens is 2. The zero-order valence-corrected chi connectivity index (χ0v) is 22.4. The highest BCUT2D eigenvalue weighted by atomic mass is 19.1. The van der Waals surface area contributed by atoms with Crippen LogP contribution in [0.25, 0.3) is 28.0 Å². The summed E-state index contributed by atoms with van der Waals surface area (Å²) in [4.78, 5) is 33.9. The molecule has 1 fully saturated rings. The normalized spacial score (nSPS) is 13.2. The van der Waals surface area contributed by atoms with Crippen molar-refractivity contribution in [3.63, 3.8) is 0 Å². The van der Waals surface area contributed by atoms with Crippen LogP contribution in [-0.2, 0) is 11.3 Å². The predicted octanol–water partition coefficient (Wildman–Crippen LogP) is 3.92. The number of carbonyl (C=O) groups is 2. The van der Waals surface area contributed by atoms with Crippen LogP contribution in [0.5, 0.6) is 5.75 Å². The molecule has 3 N–H and O–H groups in total. The maximum Gasteiger partial charge on any atom is 0.255 e. The molecule has 0 bridgehead atoms. The van der Waals surface area contributed by atoms with Gasteiger partial charge in [0.2, 0.25) is 0 Å². The molecule has 1 amide bonds. The first-order chi connectivity index (χ1) is 20.4. The molecule has 1 saturated heterocycles. The van der Waals surface area contributed by atoms with Crippen LogP contribution in [0.4, 0.5) is 20.3 Å². The van der Waals surface area contributed by atoms with E-state index in [1.165, 1.54) is 36.3 Å². The zero-order valence-electron chi connectivity index (χ0n) is 22.4. The topological polar surface area (TPSA) is 128 Å². The Bertz CT molecular complexity index is 1820. The molecule has 0 unspecified atom stereocenters. The molecule has 0 atom stereocenters. The molecule has 212 valence electrons. The van der Waals surface area contributed by atoms with Crippen LogP contribution in [0.2, 0.25) is 0 Å². The Balaban J connectivity index is 1.26. The van der Waals surface area contributed by atoms with E-state index in [2.05, 4.69) is 15.3 Å². The van der Waals surface area contributed by atoms with E-state index in [0.717, 1.165) is 17.9 Å². The molecule has 12 heteroatoms. The lowest BCUT2D eigenvalue weighted by Crippen LogP contribution is -2.47. The fraction of sp³-hybridized carbons (Fsp3) is 0.167. The summed E-state index contributed by atoms with van der Waals surface area (Å²) in [6.45, 7) is 1.16. The van der Waals surface area contributed by atoms with E-state index in [1.807, 2.05) is 29.2 Å². The smallest absolute Gasteiger partial charge is 0.255 e. The molecule has 42 heavy (non-hydrogen) atoms. The van der Waals surface area contributed by atoms with Crippen molar-refractivity contribution in [2.45, 2.75) is 6.54 Å². The number of fused-ring (bicyclic) bond motifs is 1. The zero-order chi connectivity index (χ0) is 29.4. The first-order valence-electron chi connectivity index (χ1n) is 13.1. The summed E-state index contributed by atoms with van der Waals surface area (Å²) in [6, 6.07) is 15.8. The molecule has 0 aliphatic carbocycles. The van der Waals surface area contributed by atoms with E-state index in [4.69, 9.17) is 15.6 Å². The van der Waals surface area contributed by atoms with Crippen molar-refractivity contribution in [2.75, 3.05) is 30.8 Å². The van der Waals surface area contributed by atoms with Crippen LogP contribution in [0.3, 0.4) is 0 Å². The van der Waals surface area contributed by atoms with E-state index >= 15 is 4.39 Å². The second-order valence-corrected chi connectivity index (χ2v) is 9.88. The van der Waals surface area contributed by atoms with E-state index in [9.17, 15) is 14.0 Å². The molecule has 10 nitrogen and oxygen atoms in total. The number of nitrogens with zero attached hydrogens (tertiary/aromatic N) is 5. The third-order valence-corrected chi connectivity index (χ3v) is 7.20. The van der Waals surface area contributed by atoms with E-state index in [1.54, 1.807) is 12.1 Å². The third kappa shape index (κ3) is 4.87. The molecule has 0 spiro atoms. The number of nitrogen functional groups attached to an aromatic ring is 1. The Kier molecular flexibility index (Phi) is 6.95. The van der Waals surface area contributed by atoms with Gasteiger partial charge in [-0.1, -0.05) is 24.3 Å². The van der Waals surface area contributed by atoms with Gasteiger partial charge >= 0.3 is 0 Å². The number of aromatic nitrogens is 4. The molecule has 3 aromatic carbocycles. The van der Waals surface area contributed by atoms with Crippen molar-refractivity contribution in [3.8, 4) is 22.7 Å². The lowest BCUT2D eigenvalue weighted by Gasteiger charge is -2.38. The highest BCUT2D eigenvalue weighted by Crippen LogP contribution is 2.33. The molecule has 0 saturated carbocycles.